The lowest BCUT2D eigenvalue weighted by atomic mass is 9.94. The van der Waals surface area contributed by atoms with Crippen LogP contribution in [0.5, 0.6) is 0 Å². The molecule has 0 radical (unpaired) electrons. The van der Waals surface area contributed by atoms with Gasteiger partial charge >= 0.3 is 0 Å². The van der Waals surface area contributed by atoms with Gasteiger partial charge in [-0.3, -0.25) is 5.32 Å². The predicted octanol–water partition coefficient (Wildman–Crippen LogP) is 2.88. The number of halogens is 1. The Labute approximate surface area is 99.4 Å². The molecular weight excluding hydrogens is 252 g/mol. The van der Waals surface area contributed by atoms with Crippen LogP contribution >= 0.6 is 15.9 Å². The molecule has 0 bridgehead atoms. The van der Waals surface area contributed by atoms with Crippen molar-refractivity contribution in [1.29, 1.82) is 5.26 Å². The van der Waals surface area contributed by atoms with Crippen LogP contribution in [-0.4, -0.2) is 12.1 Å². The quantitative estimate of drug-likeness (QED) is 0.910. The number of nitrogens with zero attached hydrogens (tertiary/aromatic N) is 1. The first-order valence-electron chi connectivity index (χ1n) is 5.00. The summed E-state index contributed by atoms with van der Waals surface area (Å²) in [4.78, 5) is 0. The van der Waals surface area contributed by atoms with E-state index in [0.29, 0.717) is 0 Å². The summed E-state index contributed by atoms with van der Waals surface area (Å²) >= 11 is 3.39. The van der Waals surface area contributed by atoms with Gasteiger partial charge in [-0.05, 0) is 31.2 Å². The molecule has 1 aromatic rings. The Balaban J connectivity index is 2.76. The molecule has 1 unspecified atom stereocenters. The Morgan fingerprint density at radius 1 is 1.40 bits per heavy atom. The van der Waals surface area contributed by atoms with Crippen LogP contribution in [0.15, 0.2) is 28.7 Å². The Bertz CT molecular complexity index is 353. The Morgan fingerprint density at radius 3 is 2.47 bits per heavy atom. The van der Waals surface area contributed by atoms with Gasteiger partial charge in [-0.1, -0.05) is 35.0 Å². The minimum atomic E-state index is -0.470. The van der Waals surface area contributed by atoms with Crippen molar-refractivity contribution in [2.24, 2.45) is 0 Å². The average molecular weight is 267 g/mol. The van der Waals surface area contributed by atoms with Gasteiger partial charge in [0.25, 0.3) is 0 Å². The van der Waals surface area contributed by atoms with E-state index < -0.39 is 5.54 Å². The molecule has 0 aliphatic heterocycles. The molecule has 0 aliphatic rings. The lowest BCUT2D eigenvalue weighted by molar-refractivity contribution is 0.458. The van der Waals surface area contributed by atoms with E-state index in [1.165, 1.54) is 5.56 Å². The number of rotatable bonds is 4. The molecule has 0 heterocycles. The number of hydrogen-bond acceptors (Lipinski definition) is 2. The third-order valence-corrected chi connectivity index (χ3v) is 2.81. The van der Waals surface area contributed by atoms with E-state index in [4.69, 9.17) is 5.26 Å². The van der Waals surface area contributed by atoms with Crippen molar-refractivity contribution in [3.63, 3.8) is 0 Å². The SMILES string of the molecule is CCNC(C)(C#N)Cc1ccc(Br)cc1. The fraction of sp³-hybridized carbons (Fsp3) is 0.417. The summed E-state index contributed by atoms with van der Waals surface area (Å²) in [6.45, 7) is 4.75. The zero-order valence-corrected chi connectivity index (χ0v) is 10.6. The van der Waals surface area contributed by atoms with Crippen molar-refractivity contribution in [3.05, 3.63) is 34.3 Å². The van der Waals surface area contributed by atoms with Gasteiger partial charge in [0.1, 0.15) is 5.54 Å². The van der Waals surface area contributed by atoms with E-state index in [0.717, 1.165) is 17.4 Å². The molecule has 3 heteroatoms. The second kappa shape index (κ2) is 5.29. The molecule has 2 nitrogen and oxygen atoms in total. The highest BCUT2D eigenvalue weighted by atomic mass is 79.9. The molecule has 1 N–H and O–H groups in total. The van der Waals surface area contributed by atoms with Gasteiger partial charge in [0.05, 0.1) is 6.07 Å². The third-order valence-electron chi connectivity index (χ3n) is 2.28. The molecule has 0 spiro atoms. The highest BCUT2D eigenvalue weighted by Gasteiger charge is 2.22. The van der Waals surface area contributed by atoms with Gasteiger partial charge in [0.2, 0.25) is 0 Å². The highest BCUT2D eigenvalue weighted by molar-refractivity contribution is 9.10. The number of benzene rings is 1. The summed E-state index contributed by atoms with van der Waals surface area (Å²) in [6, 6.07) is 10.4. The van der Waals surface area contributed by atoms with Crippen LogP contribution in [0, 0.1) is 11.3 Å². The number of likely N-dealkylation sites (N-methyl/N-ethyl adjacent to an activating group) is 1. The highest BCUT2D eigenvalue weighted by Crippen LogP contribution is 2.15. The molecule has 0 amide bonds. The van der Waals surface area contributed by atoms with Crippen LogP contribution in [0.4, 0.5) is 0 Å². The minimum Gasteiger partial charge on any atom is -0.300 e. The monoisotopic (exact) mass is 266 g/mol. The van der Waals surface area contributed by atoms with Gasteiger partial charge in [-0.2, -0.15) is 5.26 Å². The second-order valence-corrected chi connectivity index (χ2v) is 4.69. The smallest absolute Gasteiger partial charge is 0.107 e. The van der Waals surface area contributed by atoms with Crippen LogP contribution < -0.4 is 5.32 Å². The lowest BCUT2D eigenvalue weighted by Gasteiger charge is -2.22. The molecule has 1 atom stereocenters. The van der Waals surface area contributed by atoms with Crippen molar-refractivity contribution >= 4 is 15.9 Å². The van der Waals surface area contributed by atoms with E-state index in [1.807, 2.05) is 38.1 Å². The molecule has 0 saturated heterocycles. The fourth-order valence-corrected chi connectivity index (χ4v) is 1.81. The van der Waals surface area contributed by atoms with Crippen LogP contribution in [0.1, 0.15) is 19.4 Å². The molecule has 0 fully saturated rings. The number of nitrogens with one attached hydrogen (secondary N) is 1. The van der Waals surface area contributed by atoms with Crippen LogP contribution in [0.25, 0.3) is 0 Å². The fourth-order valence-electron chi connectivity index (χ4n) is 1.54. The van der Waals surface area contributed by atoms with Crippen molar-refractivity contribution in [3.8, 4) is 6.07 Å². The first-order chi connectivity index (χ1) is 7.09. The Hall–Kier alpha value is -0.850. The number of nitriles is 1. The molecule has 1 rings (SSSR count). The summed E-state index contributed by atoms with van der Waals surface area (Å²) in [6.07, 6.45) is 0.727. The summed E-state index contributed by atoms with van der Waals surface area (Å²) < 4.78 is 1.06. The third kappa shape index (κ3) is 3.65. The van der Waals surface area contributed by atoms with Gasteiger partial charge in [0.15, 0.2) is 0 Å². The molecule has 1 aromatic carbocycles. The van der Waals surface area contributed by atoms with Gasteiger partial charge in [-0.25, -0.2) is 0 Å². The second-order valence-electron chi connectivity index (χ2n) is 3.78. The van der Waals surface area contributed by atoms with E-state index in [1.54, 1.807) is 0 Å². The van der Waals surface area contributed by atoms with Gasteiger partial charge in [0, 0.05) is 10.9 Å². The molecule has 15 heavy (non-hydrogen) atoms. The molecule has 80 valence electrons. The standard InChI is InChI=1S/C12H15BrN2/c1-3-15-12(2,9-14)8-10-4-6-11(13)7-5-10/h4-7,15H,3,8H2,1-2H3. The topological polar surface area (TPSA) is 35.8 Å². The van der Waals surface area contributed by atoms with Gasteiger partial charge in [-0.15, -0.1) is 0 Å². The molecule has 0 saturated carbocycles. The molecular formula is C12H15BrN2. The van der Waals surface area contributed by atoms with E-state index in [-0.39, 0.29) is 0 Å². The zero-order chi connectivity index (χ0) is 11.3. The maximum Gasteiger partial charge on any atom is 0.107 e. The summed E-state index contributed by atoms with van der Waals surface area (Å²) in [5, 5.41) is 12.3. The Morgan fingerprint density at radius 2 is 2.00 bits per heavy atom. The van der Waals surface area contributed by atoms with Crippen LogP contribution in [0.2, 0.25) is 0 Å². The molecule has 0 aliphatic carbocycles. The van der Waals surface area contributed by atoms with Crippen molar-refractivity contribution in [2.75, 3.05) is 6.54 Å². The van der Waals surface area contributed by atoms with Crippen molar-refractivity contribution in [2.45, 2.75) is 25.8 Å². The minimum absolute atomic E-state index is 0.470. The maximum absolute atomic E-state index is 9.11. The predicted molar refractivity (Wildman–Crippen MR) is 65.5 cm³/mol. The summed E-state index contributed by atoms with van der Waals surface area (Å²) in [5.41, 5.74) is 0.700. The lowest BCUT2D eigenvalue weighted by Crippen LogP contribution is -2.42. The average Bonchev–Trinajstić information content (AvgIpc) is 2.22. The van der Waals surface area contributed by atoms with Crippen molar-refractivity contribution < 1.29 is 0 Å². The summed E-state index contributed by atoms with van der Waals surface area (Å²) in [7, 11) is 0. The van der Waals surface area contributed by atoms with Crippen molar-refractivity contribution in [1.82, 2.24) is 5.32 Å². The van der Waals surface area contributed by atoms with E-state index in [9.17, 15) is 0 Å². The molecule has 0 aromatic heterocycles. The van der Waals surface area contributed by atoms with E-state index >= 15 is 0 Å². The van der Waals surface area contributed by atoms with Crippen LogP contribution in [0.3, 0.4) is 0 Å². The normalized spacial score (nSPS) is 14.3. The van der Waals surface area contributed by atoms with Crippen LogP contribution in [-0.2, 0) is 6.42 Å². The summed E-state index contributed by atoms with van der Waals surface area (Å²) in [5.74, 6) is 0. The maximum atomic E-state index is 9.11. The first kappa shape index (κ1) is 12.2. The first-order valence-corrected chi connectivity index (χ1v) is 5.79. The zero-order valence-electron chi connectivity index (χ0n) is 9.05. The number of hydrogen-bond donors (Lipinski definition) is 1. The van der Waals surface area contributed by atoms with E-state index in [2.05, 4.69) is 27.3 Å². The largest absolute Gasteiger partial charge is 0.300 e. The Kier molecular flexibility index (Phi) is 4.31. The van der Waals surface area contributed by atoms with Gasteiger partial charge < -0.3 is 0 Å².